The van der Waals surface area contributed by atoms with E-state index >= 15 is 0 Å². The van der Waals surface area contributed by atoms with Gasteiger partial charge in [0.15, 0.2) is 0 Å². The summed E-state index contributed by atoms with van der Waals surface area (Å²) >= 11 is 0. The number of anilines is 2. The molecule has 2 amide bonds. The van der Waals surface area contributed by atoms with E-state index in [0.717, 1.165) is 22.5 Å². The summed E-state index contributed by atoms with van der Waals surface area (Å²) in [6.07, 6.45) is -0.617. The van der Waals surface area contributed by atoms with Crippen LogP contribution in [-0.2, 0) is 0 Å². The van der Waals surface area contributed by atoms with E-state index in [0.29, 0.717) is 24.2 Å². The van der Waals surface area contributed by atoms with E-state index in [1.165, 1.54) is 0 Å². The Labute approximate surface area is 210 Å². The first-order chi connectivity index (χ1) is 17.7. The van der Waals surface area contributed by atoms with Crippen molar-refractivity contribution in [3.63, 3.8) is 0 Å². The number of hydrogen-bond donors (Lipinski definition) is 2. The molecule has 36 heavy (non-hydrogen) atoms. The number of carbonyl (C=O) groups is 2. The molecule has 4 aromatic carbocycles. The first-order valence-corrected chi connectivity index (χ1v) is 12.1. The lowest BCUT2D eigenvalue weighted by Gasteiger charge is -2.32. The third-order valence-corrected chi connectivity index (χ3v) is 6.85. The highest BCUT2D eigenvalue weighted by atomic mass is 16.2. The van der Waals surface area contributed by atoms with Crippen LogP contribution in [-0.4, -0.2) is 34.7 Å². The van der Waals surface area contributed by atoms with Crippen molar-refractivity contribution in [2.24, 2.45) is 0 Å². The summed E-state index contributed by atoms with van der Waals surface area (Å²) in [5, 5.41) is 7.04. The van der Waals surface area contributed by atoms with E-state index in [-0.39, 0.29) is 24.1 Å². The molecule has 2 N–H and O–H groups in total. The Morgan fingerprint density at radius 3 is 1.28 bits per heavy atom. The van der Waals surface area contributed by atoms with Crippen LogP contribution in [0.2, 0.25) is 0 Å². The zero-order chi connectivity index (χ0) is 24.5. The van der Waals surface area contributed by atoms with E-state index in [9.17, 15) is 9.59 Å². The van der Waals surface area contributed by atoms with Gasteiger partial charge in [0.25, 0.3) is 11.8 Å². The van der Waals surface area contributed by atoms with Crippen molar-refractivity contribution < 1.29 is 9.59 Å². The first kappa shape index (κ1) is 21.9. The van der Waals surface area contributed by atoms with Crippen LogP contribution in [0.5, 0.6) is 0 Å². The van der Waals surface area contributed by atoms with Crippen molar-refractivity contribution >= 4 is 23.2 Å². The molecule has 2 aliphatic heterocycles. The van der Waals surface area contributed by atoms with Crippen LogP contribution in [0.15, 0.2) is 109 Å². The summed E-state index contributed by atoms with van der Waals surface area (Å²) in [4.78, 5) is 30.5. The largest absolute Gasteiger partial charge is 0.361 e. The molecule has 2 aliphatic rings. The van der Waals surface area contributed by atoms with E-state index in [2.05, 4.69) is 10.6 Å². The van der Waals surface area contributed by atoms with Gasteiger partial charge in [-0.25, -0.2) is 0 Å². The van der Waals surface area contributed by atoms with Crippen molar-refractivity contribution in [1.82, 2.24) is 9.80 Å². The molecular weight excluding hydrogens is 448 g/mol. The molecule has 0 bridgehead atoms. The van der Waals surface area contributed by atoms with Crippen LogP contribution in [0.3, 0.4) is 0 Å². The lowest BCUT2D eigenvalue weighted by Crippen LogP contribution is -2.42. The summed E-state index contributed by atoms with van der Waals surface area (Å²) in [6.45, 7) is 0.787. The molecule has 0 saturated heterocycles. The number of fused-ring (bicyclic) bond motifs is 2. The molecule has 4 aromatic rings. The minimum Gasteiger partial charge on any atom is -0.361 e. The summed E-state index contributed by atoms with van der Waals surface area (Å²) in [6, 6.07) is 35.2. The summed E-state index contributed by atoms with van der Waals surface area (Å²) in [5.74, 6) is -0.0634. The molecule has 0 saturated carbocycles. The molecule has 6 nitrogen and oxygen atoms in total. The van der Waals surface area contributed by atoms with Crippen LogP contribution < -0.4 is 10.6 Å². The predicted molar refractivity (Wildman–Crippen MR) is 141 cm³/mol. The average Bonchev–Trinajstić information content (AvgIpc) is 3.34. The highest BCUT2D eigenvalue weighted by molar-refractivity contribution is 6.00. The second kappa shape index (κ2) is 9.23. The third-order valence-electron chi connectivity index (χ3n) is 6.85. The van der Waals surface area contributed by atoms with Crippen molar-refractivity contribution in [2.75, 3.05) is 23.7 Å². The summed E-state index contributed by atoms with van der Waals surface area (Å²) < 4.78 is 0. The Kier molecular flexibility index (Phi) is 5.62. The van der Waals surface area contributed by atoms with Crippen LogP contribution in [0.4, 0.5) is 11.4 Å². The second-order valence-corrected chi connectivity index (χ2v) is 9.00. The first-order valence-electron chi connectivity index (χ1n) is 12.1. The van der Waals surface area contributed by atoms with Crippen molar-refractivity contribution in [2.45, 2.75) is 12.3 Å². The molecule has 6 rings (SSSR count). The fourth-order valence-corrected chi connectivity index (χ4v) is 5.11. The Hall–Kier alpha value is -4.58. The number of hydrogen-bond acceptors (Lipinski definition) is 4. The summed E-state index contributed by atoms with van der Waals surface area (Å²) in [5.41, 5.74) is 5.15. The highest BCUT2D eigenvalue weighted by Crippen LogP contribution is 2.37. The molecule has 2 heterocycles. The molecule has 2 atom stereocenters. The minimum absolute atomic E-state index is 0.0317. The van der Waals surface area contributed by atoms with Gasteiger partial charge in [-0.15, -0.1) is 0 Å². The van der Waals surface area contributed by atoms with Gasteiger partial charge >= 0.3 is 0 Å². The fourth-order valence-electron chi connectivity index (χ4n) is 5.11. The monoisotopic (exact) mass is 474 g/mol. The number of nitrogens with zero attached hydrogens (tertiary/aromatic N) is 2. The van der Waals surface area contributed by atoms with Gasteiger partial charge in [-0.3, -0.25) is 9.59 Å². The predicted octanol–water partition coefficient (Wildman–Crippen LogP) is 5.52. The molecular formula is C30H26N4O2. The van der Waals surface area contributed by atoms with Gasteiger partial charge in [0, 0.05) is 46.7 Å². The Morgan fingerprint density at radius 2 is 0.861 bits per heavy atom. The van der Waals surface area contributed by atoms with Gasteiger partial charge in [0.1, 0.15) is 12.3 Å². The maximum atomic E-state index is 13.4. The topological polar surface area (TPSA) is 64.7 Å². The lowest BCUT2D eigenvalue weighted by atomic mass is 10.1. The zero-order valence-electron chi connectivity index (χ0n) is 19.7. The number of amides is 2. The quantitative estimate of drug-likeness (QED) is 0.370. The molecule has 0 aromatic heterocycles. The van der Waals surface area contributed by atoms with E-state index in [4.69, 9.17) is 0 Å². The Bertz CT molecular complexity index is 1300. The standard InChI is InChI=1S/C30H26N4O2/c35-29-25-17-9-7-15-23(25)27(31-21-11-3-1-4-12-21)33(29)19-20-34-28(32-22-13-5-2-6-14-22)24-16-8-10-18-26(24)30(34)36/h1-18,27-28,31-32H,19-20H2/t27-,28-/m0/s1. The molecule has 0 spiro atoms. The Morgan fingerprint density at radius 1 is 0.500 bits per heavy atom. The summed E-state index contributed by atoms with van der Waals surface area (Å²) in [7, 11) is 0. The molecule has 0 unspecified atom stereocenters. The minimum atomic E-state index is -0.309. The third kappa shape index (κ3) is 3.86. The van der Waals surface area contributed by atoms with Gasteiger partial charge in [-0.1, -0.05) is 72.8 Å². The average molecular weight is 475 g/mol. The normalized spacial score (nSPS) is 18.2. The molecule has 178 valence electrons. The SMILES string of the molecule is O=C1c2ccccc2[C@@H](Nc2ccccc2)N1CCN1C(=O)c2ccccc2[C@H]1Nc1ccccc1. The maximum Gasteiger partial charge on any atom is 0.256 e. The number of rotatable bonds is 7. The molecule has 0 fully saturated rings. The van der Waals surface area contributed by atoms with Crippen molar-refractivity contribution in [3.05, 3.63) is 131 Å². The van der Waals surface area contributed by atoms with Crippen LogP contribution in [0.1, 0.15) is 44.2 Å². The van der Waals surface area contributed by atoms with Gasteiger partial charge in [0.2, 0.25) is 0 Å². The molecule has 6 heteroatoms. The van der Waals surface area contributed by atoms with E-state index < -0.39 is 0 Å². The number of benzene rings is 4. The van der Waals surface area contributed by atoms with E-state index in [1.54, 1.807) is 0 Å². The molecule has 0 aliphatic carbocycles. The maximum absolute atomic E-state index is 13.4. The highest BCUT2D eigenvalue weighted by Gasteiger charge is 2.40. The van der Waals surface area contributed by atoms with Crippen LogP contribution >= 0.6 is 0 Å². The smallest absolute Gasteiger partial charge is 0.256 e. The van der Waals surface area contributed by atoms with Gasteiger partial charge < -0.3 is 20.4 Å². The van der Waals surface area contributed by atoms with Gasteiger partial charge in [-0.05, 0) is 36.4 Å². The van der Waals surface area contributed by atoms with Gasteiger partial charge in [-0.2, -0.15) is 0 Å². The van der Waals surface area contributed by atoms with E-state index in [1.807, 2.05) is 119 Å². The number of carbonyl (C=O) groups excluding carboxylic acids is 2. The van der Waals surface area contributed by atoms with Crippen LogP contribution in [0.25, 0.3) is 0 Å². The van der Waals surface area contributed by atoms with Gasteiger partial charge in [0.05, 0.1) is 0 Å². The molecule has 0 radical (unpaired) electrons. The lowest BCUT2D eigenvalue weighted by molar-refractivity contribution is 0.0634. The van der Waals surface area contributed by atoms with Crippen LogP contribution in [0, 0.1) is 0 Å². The number of para-hydroxylation sites is 2. The number of nitrogens with one attached hydrogen (secondary N) is 2. The zero-order valence-corrected chi connectivity index (χ0v) is 19.7. The van der Waals surface area contributed by atoms with Crippen molar-refractivity contribution in [1.29, 1.82) is 0 Å². The Balaban J connectivity index is 1.28. The fraction of sp³-hybridized carbons (Fsp3) is 0.133. The second-order valence-electron chi connectivity index (χ2n) is 9.00. The van der Waals surface area contributed by atoms with Crippen molar-refractivity contribution in [3.8, 4) is 0 Å².